The molecular formula is C20H30O4. The van der Waals surface area contributed by atoms with Crippen LogP contribution in [0.25, 0.3) is 0 Å². The van der Waals surface area contributed by atoms with Crippen LogP contribution in [-0.4, -0.2) is 25.2 Å². The van der Waals surface area contributed by atoms with E-state index in [1.807, 2.05) is 47.6 Å². The Bertz CT molecular complexity index is 573. The summed E-state index contributed by atoms with van der Waals surface area (Å²) in [5.74, 6) is -0.416. The largest absolute Gasteiger partial charge is 0.462 e. The second-order valence-electron chi connectivity index (χ2n) is 6.82. The number of hydrogen-bond donors (Lipinski definition) is 0. The van der Waals surface area contributed by atoms with Crippen molar-refractivity contribution in [3.63, 3.8) is 0 Å². The molecule has 0 atom stereocenters. The van der Waals surface area contributed by atoms with Crippen molar-refractivity contribution in [2.24, 2.45) is 11.8 Å². The second kappa shape index (κ2) is 9.45. The lowest BCUT2D eigenvalue weighted by Gasteiger charge is -2.17. The van der Waals surface area contributed by atoms with Gasteiger partial charge in [0.1, 0.15) is 0 Å². The van der Waals surface area contributed by atoms with Gasteiger partial charge in [-0.05, 0) is 41.9 Å². The maximum absolute atomic E-state index is 12.6. The van der Waals surface area contributed by atoms with Gasteiger partial charge in [-0.3, -0.25) is 0 Å². The summed E-state index contributed by atoms with van der Waals surface area (Å²) < 4.78 is 10.7. The normalized spacial score (nSPS) is 11.0. The molecule has 0 amide bonds. The summed E-state index contributed by atoms with van der Waals surface area (Å²) in [5, 5.41) is 0. The number of carbonyl (C=O) groups is 2. The summed E-state index contributed by atoms with van der Waals surface area (Å²) in [7, 11) is 0. The number of rotatable bonds is 8. The summed E-state index contributed by atoms with van der Waals surface area (Å²) in [6, 6.07) is 3.59. The average Bonchev–Trinajstić information content (AvgIpc) is 2.55. The molecule has 4 heteroatoms. The lowest BCUT2D eigenvalue weighted by Crippen LogP contribution is -2.20. The van der Waals surface area contributed by atoms with E-state index >= 15 is 0 Å². The predicted molar refractivity (Wildman–Crippen MR) is 95.4 cm³/mol. The third-order valence-electron chi connectivity index (χ3n) is 3.66. The van der Waals surface area contributed by atoms with Crippen LogP contribution >= 0.6 is 0 Å². The van der Waals surface area contributed by atoms with Gasteiger partial charge in [-0.2, -0.15) is 0 Å². The lowest BCUT2D eigenvalue weighted by atomic mass is 9.92. The average molecular weight is 334 g/mol. The molecule has 0 aromatic heterocycles. The molecule has 0 radical (unpaired) electrons. The molecule has 0 unspecified atom stereocenters. The van der Waals surface area contributed by atoms with Gasteiger partial charge in [-0.25, -0.2) is 9.59 Å². The van der Waals surface area contributed by atoms with Gasteiger partial charge in [0.05, 0.1) is 24.3 Å². The smallest absolute Gasteiger partial charge is 0.339 e. The quantitative estimate of drug-likeness (QED) is 0.660. The van der Waals surface area contributed by atoms with E-state index in [-0.39, 0.29) is 11.8 Å². The maximum Gasteiger partial charge on any atom is 0.339 e. The van der Waals surface area contributed by atoms with Crippen molar-refractivity contribution in [2.75, 3.05) is 13.2 Å². The Morgan fingerprint density at radius 2 is 1.42 bits per heavy atom. The number of ether oxygens (including phenoxy) is 2. The van der Waals surface area contributed by atoms with Crippen molar-refractivity contribution in [1.29, 1.82) is 0 Å². The molecule has 0 aliphatic carbocycles. The van der Waals surface area contributed by atoms with Gasteiger partial charge in [0.25, 0.3) is 0 Å². The number of hydrogen-bond acceptors (Lipinski definition) is 4. The third-order valence-corrected chi connectivity index (χ3v) is 3.66. The summed E-state index contributed by atoms with van der Waals surface area (Å²) in [6.45, 7) is 12.6. The molecule has 24 heavy (non-hydrogen) atoms. The number of benzene rings is 1. The Balaban J connectivity index is 3.26. The first-order valence-corrected chi connectivity index (χ1v) is 8.80. The molecule has 0 N–H and O–H groups in total. The molecule has 0 fully saturated rings. The van der Waals surface area contributed by atoms with E-state index in [2.05, 4.69) is 0 Å². The molecule has 134 valence electrons. The minimum absolute atomic E-state index is 0.240. The Morgan fingerprint density at radius 3 is 1.88 bits per heavy atom. The van der Waals surface area contributed by atoms with Gasteiger partial charge < -0.3 is 9.47 Å². The Morgan fingerprint density at radius 1 is 0.875 bits per heavy atom. The van der Waals surface area contributed by atoms with Crippen LogP contribution in [0.1, 0.15) is 73.4 Å². The standard InChI is InChI=1S/C20H30O4/c1-7-15-9-10-17(19(21)23-11-13(3)4)18(16(15)8-2)20(22)24-12-14(5)6/h9-10,13-14H,7-8,11-12H2,1-6H3. The monoisotopic (exact) mass is 334 g/mol. The van der Waals surface area contributed by atoms with Crippen LogP contribution in [0.4, 0.5) is 0 Å². The van der Waals surface area contributed by atoms with Gasteiger partial charge in [-0.1, -0.05) is 47.6 Å². The van der Waals surface area contributed by atoms with E-state index in [1.54, 1.807) is 6.07 Å². The number of esters is 2. The highest BCUT2D eigenvalue weighted by molar-refractivity contribution is 6.04. The van der Waals surface area contributed by atoms with Gasteiger partial charge in [0, 0.05) is 0 Å². The zero-order chi connectivity index (χ0) is 18.3. The first-order valence-electron chi connectivity index (χ1n) is 8.80. The van der Waals surface area contributed by atoms with Crippen molar-refractivity contribution >= 4 is 11.9 Å². The van der Waals surface area contributed by atoms with Crippen molar-refractivity contribution in [1.82, 2.24) is 0 Å². The van der Waals surface area contributed by atoms with Crippen LogP contribution in [0.3, 0.4) is 0 Å². The molecule has 1 rings (SSSR count). The van der Waals surface area contributed by atoms with Crippen LogP contribution in [0.5, 0.6) is 0 Å². The van der Waals surface area contributed by atoms with Crippen molar-refractivity contribution in [3.8, 4) is 0 Å². The molecule has 0 saturated carbocycles. The highest BCUT2D eigenvalue weighted by Gasteiger charge is 2.24. The predicted octanol–water partition coefficient (Wildman–Crippen LogP) is 4.44. The Kier molecular flexibility index (Phi) is 7.96. The SMILES string of the molecule is CCc1ccc(C(=O)OCC(C)C)c(C(=O)OCC(C)C)c1CC. The van der Waals surface area contributed by atoms with E-state index < -0.39 is 11.9 Å². The van der Waals surface area contributed by atoms with Gasteiger partial charge in [0.15, 0.2) is 0 Å². The highest BCUT2D eigenvalue weighted by Crippen LogP contribution is 2.23. The minimum Gasteiger partial charge on any atom is -0.462 e. The third kappa shape index (κ3) is 5.36. The van der Waals surface area contributed by atoms with Crippen molar-refractivity contribution < 1.29 is 19.1 Å². The first-order chi connectivity index (χ1) is 11.3. The number of aryl methyl sites for hydroxylation is 1. The molecule has 0 heterocycles. The van der Waals surface area contributed by atoms with Crippen LogP contribution in [-0.2, 0) is 22.3 Å². The second-order valence-corrected chi connectivity index (χ2v) is 6.82. The number of carbonyl (C=O) groups excluding carboxylic acids is 2. The summed E-state index contributed by atoms with van der Waals surface area (Å²) in [5.41, 5.74) is 2.62. The molecule has 0 bridgehead atoms. The van der Waals surface area contributed by atoms with Gasteiger partial charge in [-0.15, -0.1) is 0 Å². The molecule has 4 nitrogen and oxygen atoms in total. The molecular weight excluding hydrogens is 304 g/mol. The molecule has 0 saturated heterocycles. The fraction of sp³-hybridized carbons (Fsp3) is 0.600. The zero-order valence-corrected chi connectivity index (χ0v) is 15.8. The summed E-state index contributed by atoms with van der Waals surface area (Å²) in [6.07, 6.45) is 1.47. The first kappa shape index (κ1) is 20.2. The maximum atomic E-state index is 12.6. The van der Waals surface area contributed by atoms with Crippen molar-refractivity contribution in [3.05, 3.63) is 34.4 Å². The van der Waals surface area contributed by atoms with Crippen LogP contribution in [0.2, 0.25) is 0 Å². The summed E-state index contributed by atoms with van der Waals surface area (Å²) >= 11 is 0. The minimum atomic E-state index is -0.461. The van der Waals surface area contributed by atoms with E-state index in [4.69, 9.17) is 9.47 Å². The summed E-state index contributed by atoms with van der Waals surface area (Å²) in [4.78, 5) is 25.1. The van der Waals surface area contributed by atoms with Crippen LogP contribution < -0.4 is 0 Å². The fourth-order valence-corrected chi connectivity index (χ4v) is 2.46. The Labute approximate surface area is 145 Å². The van der Waals surface area contributed by atoms with Crippen molar-refractivity contribution in [2.45, 2.75) is 54.4 Å². The zero-order valence-electron chi connectivity index (χ0n) is 15.8. The molecule has 1 aromatic carbocycles. The van der Waals surface area contributed by atoms with Gasteiger partial charge >= 0.3 is 11.9 Å². The van der Waals surface area contributed by atoms with E-state index in [0.717, 1.165) is 17.5 Å². The van der Waals surface area contributed by atoms with Gasteiger partial charge in [0.2, 0.25) is 0 Å². The van der Waals surface area contributed by atoms with Crippen LogP contribution in [0.15, 0.2) is 12.1 Å². The Hall–Kier alpha value is -1.84. The molecule has 0 spiro atoms. The molecule has 1 aromatic rings. The fourth-order valence-electron chi connectivity index (χ4n) is 2.46. The van der Waals surface area contributed by atoms with E-state index in [0.29, 0.717) is 30.8 Å². The van der Waals surface area contributed by atoms with E-state index in [1.165, 1.54) is 0 Å². The highest BCUT2D eigenvalue weighted by atomic mass is 16.5. The molecule has 0 aliphatic rings. The van der Waals surface area contributed by atoms with Crippen LogP contribution in [0, 0.1) is 11.8 Å². The topological polar surface area (TPSA) is 52.6 Å². The lowest BCUT2D eigenvalue weighted by molar-refractivity contribution is 0.0411. The molecule has 0 aliphatic heterocycles. The van der Waals surface area contributed by atoms with E-state index in [9.17, 15) is 9.59 Å².